The third-order valence-corrected chi connectivity index (χ3v) is 3.60. The van der Waals surface area contributed by atoms with Gasteiger partial charge in [-0.15, -0.1) is 0 Å². The zero-order valence-corrected chi connectivity index (χ0v) is 12.9. The molecule has 0 aromatic heterocycles. The molecule has 1 aromatic carbocycles. The van der Waals surface area contributed by atoms with Gasteiger partial charge in [-0.05, 0) is 44.0 Å². The first kappa shape index (κ1) is 17.6. The number of alkyl halides is 3. The van der Waals surface area contributed by atoms with Gasteiger partial charge in [-0.25, -0.2) is 0 Å². The number of amides is 1. The molecule has 2 rings (SSSR count). The Bertz CT molecular complexity index is 510. The van der Waals surface area contributed by atoms with Gasteiger partial charge in [-0.2, -0.15) is 13.2 Å². The molecular weight excluding hydrogens is 311 g/mol. The molecular formula is C16H20F3NO3. The number of nitrogens with zero attached hydrogens (tertiary/aromatic N) is 1. The van der Waals surface area contributed by atoms with E-state index >= 15 is 0 Å². The van der Waals surface area contributed by atoms with Crippen LogP contribution in [0.25, 0.3) is 0 Å². The zero-order valence-electron chi connectivity index (χ0n) is 12.9. The summed E-state index contributed by atoms with van der Waals surface area (Å²) in [5.74, 6) is -0.0774. The maximum atomic E-state index is 12.5. The third-order valence-electron chi connectivity index (χ3n) is 3.60. The number of benzene rings is 1. The molecule has 23 heavy (non-hydrogen) atoms. The van der Waals surface area contributed by atoms with Crippen LogP contribution in [0.3, 0.4) is 0 Å². The summed E-state index contributed by atoms with van der Waals surface area (Å²) in [4.78, 5) is 12.9. The van der Waals surface area contributed by atoms with Gasteiger partial charge in [0.1, 0.15) is 18.9 Å². The van der Waals surface area contributed by atoms with Crippen LogP contribution >= 0.6 is 0 Å². The van der Waals surface area contributed by atoms with Crippen LogP contribution in [0.4, 0.5) is 13.2 Å². The minimum absolute atomic E-state index is 0.00435. The maximum absolute atomic E-state index is 12.5. The van der Waals surface area contributed by atoms with Crippen LogP contribution in [0.15, 0.2) is 24.3 Å². The quantitative estimate of drug-likeness (QED) is 0.803. The monoisotopic (exact) mass is 331 g/mol. The molecule has 1 saturated heterocycles. The minimum atomic E-state index is -4.41. The van der Waals surface area contributed by atoms with E-state index in [0.29, 0.717) is 12.4 Å². The van der Waals surface area contributed by atoms with Gasteiger partial charge < -0.3 is 14.4 Å². The number of hydrogen-bond donors (Lipinski definition) is 0. The summed E-state index contributed by atoms with van der Waals surface area (Å²) in [6, 6.07) is 6.13. The van der Waals surface area contributed by atoms with E-state index in [4.69, 9.17) is 9.47 Å². The lowest BCUT2D eigenvalue weighted by molar-refractivity contribution is -0.140. The van der Waals surface area contributed by atoms with Crippen LogP contribution in [0.1, 0.15) is 30.1 Å². The van der Waals surface area contributed by atoms with Gasteiger partial charge in [-0.3, -0.25) is 4.79 Å². The molecule has 1 fully saturated rings. The standard InChI is InChI=1S/C16H20F3NO3/c1-2-20(11-16(17,18)19)15(21)12-5-7-13(8-6-12)23-10-14-4-3-9-22-14/h5-8,14H,2-4,9-11H2,1H3. The minimum Gasteiger partial charge on any atom is -0.491 e. The second-order valence-corrected chi connectivity index (χ2v) is 5.40. The van der Waals surface area contributed by atoms with E-state index in [1.165, 1.54) is 19.1 Å². The van der Waals surface area contributed by atoms with Crippen molar-refractivity contribution >= 4 is 5.91 Å². The van der Waals surface area contributed by atoms with Crippen molar-refractivity contribution in [3.63, 3.8) is 0 Å². The SMILES string of the molecule is CCN(CC(F)(F)F)C(=O)c1ccc(OCC2CCCO2)cc1. The first-order chi connectivity index (χ1) is 10.9. The Kier molecular flexibility index (Phi) is 5.87. The van der Waals surface area contributed by atoms with E-state index < -0.39 is 18.6 Å². The summed E-state index contributed by atoms with van der Waals surface area (Å²) in [6.07, 6.45) is -2.35. The molecule has 128 valence electrons. The lowest BCUT2D eigenvalue weighted by Crippen LogP contribution is -2.38. The van der Waals surface area contributed by atoms with E-state index in [1.807, 2.05) is 0 Å². The van der Waals surface area contributed by atoms with Gasteiger partial charge in [0.05, 0.1) is 6.10 Å². The van der Waals surface area contributed by atoms with Crippen molar-refractivity contribution in [3.05, 3.63) is 29.8 Å². The molecule has 1 aliphatic heterocycles. The van der Waals surface area contributed by atoms with Crippen molar-refractivity contribution in [1.82, 2.24) is 4.90 Å². The highest BCUT2D eigenvalue weighted by molar-refractivity contribution is 5.94. The maximum Gasteiger partial charge on any atom is 0.406 e. The molecule has 1 unspecified atom stereocenters. The van der Waals surface area contributed by atoms with Crippen LogP contribution in [0.5, 0.6) is 5.75 Å². The average Bonchev–Trinajstić information content (AvgIpc) is 3.03. The lowest BCUT2D eigenvalue weighted by Gasteiger charge is -2.22. The number of carbonyl (C=O) groups is 1. The number of hydrogen-bond acceptors (Lipinski definition) is 3. The summed E-state index contributed by atoms with van der Waals surface area (Å²) in [6.45, 7) is 1.44. The zero-order chi connectivity index (χ0) is 16.9. The van der Waals surface area contributed by atoms with Crippen LogP contribution in [-0.2, 0) is 4.74 Å². The molecule has 1 aliphatic rings. The second kappa shape index (κ2) is 7.68. The molecule has 1 atom stereocenters. The summed E-state index contributed by atoms with van der Waals surface area (Å²) in [5, 5.41) is 0. The summed E-state index contributed by atoms with van der Waals surface area (Å²) in [7, 11) is 0. The highest BCUT2D eigenvalue weighted by Gasteiger charge is 2.32. The largest absolute Gasteiger partial charge is 0.491 e. The average molecular weight is 331 g/mol. The predicted molar refractivity (Wildman–Crippen MR) is 78.5 cm³/mol. The Hall–Kier alpha value is -1.76. The molecule has 7 heteroatoms. The van der Waals surface area contributed by atoms with Crippen molar-refractivity contribution in [1.29, 1.82) is 0 Å². The molecule has 0 radical (unpaired) electrons. The van der Waals surface area contributed by atoms with Gasteiger partial charge in [0.25, 0.3) is 5.91 Å². The first-order valence-corrected chi connectivity index (χ1v) is 7.59. The van der Waals surface area contributed by atoms with Crippen LogP contribution < -0.4 is 4.74 Å². The molecule has 0 N–H and O–H groups in total. The van der Waals surface area contributed by atoms with Gasteiger partial charge >= 0.3 is 6.18 Å². The van der Waals surface area contributed by atoms with Gasteiger partial charge in [0.15, 0.2) is 0 Å². The first-order valence-electron chi connectivity index (χ1n) is 7.59. The van der Waals surface area contributed by atoms with E-state index in [0.717, 1.165) is 24.3 Å². The lowest BCUT2D eigenvalue weighted by atomic mass is 10.2. The van der Waals surface area contributed by atoms with Gasteiger partial charge in [-0.1, -0.05) is 0 Å². The Morgan fingerprint density at radius 3 is 2.57 bits per heavy atom. The Morgan fingerprint density at radius 2 is 2.04 bits per heavy atom. The smallest absolute Gasteiger partial charge is 0.406 e. The van der Waals surface area contributed by atoms with E-state index in [2.05, 4.69) is 0 Å². The summed E-state index contributed by atoms with van der Waals surface area (Å²) < 4.78 is 48.4. The molecule has 1 heterocycles. The number of carbonyl (C=O) groups excluding carboxylic acids is 1. The fraction of sp³-hybridized carbons (Fsp3) is 0.562. The van der Waals surface area contributed by atoms with Crippen LogP contribution in [-0.4, -0.2) is 49.4 Å². The second-order valence-electron chi connectivity index (χ2n) is 5.40. The summed E-state index contributed by atoms with van der Waals surface area (Å²) in [5.41, 5.74) is 0.209. The van der Waals surface area contributed by atoms with Crippen molar-refractivity contribution in [2.45, 2.75) is 32.0 Å². The topological polar surface area (TPSA) is 38.8 Å². The van der Waals surface area contributed by atoms with Crippen LogP contribution in [0.2, 0.25) is 0 Å². The highest BCUT2D eigenvalue weighted by Crippen LogP contribution is 2.20. The molecule has 0 bridgehead atoms. The molecule has 0 aliphatic carbocycles. The normalized spacial score (nSPS) is 18.0. The molecule has 4 nitrogen and oxygen atoms in total. The molecule has 1 aromatic rings. The summed E-state index contributed by atoms with van der Waals surface area (Å²) >= 11 is 0. The number of ether oxygens (including phenoxy) is 2. The molecule has 1 amide bonds. The van der Waals surface area contributed by atoms with E-state index in [9.17, 15) is 18.0 Å². The predicted octanol–water partition coefficient (Wildman–Crippen LogP) is 3.27. The molecule has 0 saturated carbocycles. The Morgan fingerprint density at radius 1 is 1.35 bits per heavy atom. The van der Waals surface area contributed by atoms with Gasteiger partial charge in [0, 0.05) is 18.7 Å². The van der Waals surface area contributed by atoms with E-state index in [-0.39, 0.29) is 18.2 Å². The van der Waals surface area contributed by atoms with Crippen LogP contribution in [0, 0.1) is 0 Å². The Labute approximate surface area is 133 Å². The molecule has 0 spiro atoms. The van der Waals surface area contributed by atoms with E-state index in [1.54, 1.807) is 12.1 Å². The van der Waals surface area contributed by atoms with Crippen molar-refractivity contribution in [3.8, 4) is 5.75 Å². The fourth-order valence-electron chi connectivity index (χ4n) is 2.38. The highest BCUT2D eigenvalue weighted by atomic mass is 19.4. The van der Waals surface area contributed by atoms with Gasteiger partial charge in [0.2, 0.25) is 0 Å². The fourth-order valence-corrected chi connectivity index (χ4v) is 2.38. The van der Waals surface area contributed by atoms with Crippen molar-refractivity contribution in [2.75, 3.05) is 26.3 Å². The number of halogens is 3. The third kappa shape index (κ3) is 5.42. The Balaban J connectivity index is 1.93. The van der Waals surface area contributed by atoms with Crippen molar-refractivity contribution < 1.29 is 27.4 Å². The number of rotatable bonds is 6. The van der Waals surface area contributed by atoms with Crippen molar-refractivity contribution in [2.24, 2.45) is 0 Å².